The lowest BCUT2D eigenvalue weighted by Crippen LogP contribution is -2.31. The normalized spacial score (nSPS) is 21.0. The molecule has 4 rings (SSSR count). The van der Waals surface area contributed by atoms with Crippen molar-refractivity contribution in [3.8, 4) is 11.5 Å². The Labute approximate surface area is 173 Å². The molecule has 7 heteroatoms. The standard InChI is InChI=1S/C23H24F3NO3/c24-23(25,26)16-7-9-18-15(4-2-10-30-21(18)12-16)11-22(29)27-20-5-1-3-14-6-8-17(28)13-19(14)20/h6-9,12-13,15,20,28H,1-5,10-11H2,(H,27,29). The van der Waals surface area contributed by atoms with Gasteiger partial charge in [-0.1, -0.05) is 12.1 Å². The van der Waals surface area contributed by atoms with E-state index >= 15 is 0 Å². The van der Waals surface area contributed by atoms with Crippen molar-refractivity contribution in [1.29, 1.82) is 0 Å². The van der Waals surface area contributed by atoms with Gasteiger partial charge in [0.1, 0.15) is 11.5 Å². The zero-order valence-corrected chi connectivity index (χ0v) is 16.5. The second-order valence-corrected chi connectivity index (χ2v) is 8.04. The number of phenolic OH excluding ortho intramolecular Hbond substituents is 1. The summed E-state index contributed by atoms with van der Waals surface area (Å²) in [7, 11) is 0. The first-order valence-corrected chi connectivity index (χ1v) is 10.3. The average molecular weight is 419 g/mol. The van der Waals surface area contributed by atoms with Crippen molar-refractivity contribution in [3.63, 3.8) is 0 Å². The molecule has 1 aliphatic carbocycles. The van der Waals surface area contributed by atoms with Gasteiger partial charge in [0.2, 0.25) is 5.91 Å². The van der Waals surface area contributed by atoms with Crippen molar-refractivity contribution in [3.05, 3.63) is 58.7 Å². The molecule has 2 atom stereocenters. The van der Waals surface area contributed by atoms with E-state index in [0.717, 1.165) is 42.5 Å². The number of hydrogen-bond acceptors (Lipinski definition) is 3. The predicted molar refractivity (Wildman–Crippen MR) is 105 cm³/mol. The number of aryl methyl sites for hydroxylation is 1. The Morgan fingerprint density at radius 3 is 2.73 bits per heavy atom. The minimum Gasteiger partial charge on any atom is -0.508 e. The monoisotopic (exact) mass is 419 g/mol. The largest absolute Gasteiger partial charge is 0.508 e. The molecule has 1 aliphatic heterocycles. The van der Waals surface area contributed by atoms with Crippen LogP contribution >= 0.6 is 0 Å². The number of benzene rings is 2. The van der Waals surface area contributed by atoms with Gasteiger partial charge in [0.25, 0.3) is 0 Å². The van der Waals surface area contributed by atoms with E-state index < -0.39 is 11.7 Å². The van der Waals surface area contributed by atoms with E-state index in [0.29, 0.717) is 25.0 Å². The molecule has 0 spiro atoms. The first-order chi connectivity index (χ1) is 14.3. The number of carbonyl (C=O) groups is 1. The van der Waals surface area contributed by atoms with Crippen LogP contribution in [0.15, 0.2) is 36.4 Å². The van der Waals surface area contributed by atoms with Gasteiger partial charge in [-0.2, -0.15) is 13.2 Å². The second-order valence-electron chi connectivity index (χ2n) is 8.04. The third-order valence-corrected chi connectivity index (χ3v) is 5.95. The molecule has 0 bridgehead atoms. The van der Waals surface area contributed by atoms with Gasteiger partial charge in [-0.25, -0.2) is 0 Å². The average Bonchev–Trinajstić information content (AvgIpc) is 2.89. The fourth-order valence-corrected chi connectivity index (χ4v) is 4.47. The maximum atomic E-state index is 13.0. The highest BCUT2D eigenvalue weighted by molar-refractivity contribution is 5.77. The van der Waals surface area contributed by atoms with Gasteiger partial charge in [0.05, 0.1) is 18.2 Å². The van der Waals surface area contributed by atoms with Gasteiger partial charge in [-0.15, -0.1) is 0 Å². The molecule has 0 saturated heterocycles. The SMILES string of the molecule is O=C(CC1CCCOc2cc(C(F)(F)F)ccc21)NC1CCCc2ccc(O)cc21. The number of amides is 1. The molecule has 2 unspecified atom stereocenters. The molecule has 160 valence electrons. The molecule has 30 heavy (non-hydrogen) atoms. The number of aromatic hydroxyl groups is 1. The maximum Gasteiger partial charge on any atom is 0.416 e. The van der Waals surface area contributed by atoms with Crippen LogP contribution < -0.4 is 10.1 Å². The number of carbonyl (C=O) groups excluding carboxylic acids is 1. The Kier molecular flexibility index (Phi) is 5.62. The van der Waals surface area contributed by atoms with Crippen LogP contribution in [0.1, 0.15) is 66.3 Å². The van der Waals surface area contributed by atoms with E-state index in [9.17, 15) is 23.1 Å². The molecule has 2 aliphatic rings. The van der Waals surface area contributed by atoms with Crippen LogP contribution in [0.3, 0.4) is 0 Å². The molecule has 4 nitrogen and oxygen atoms in total. The van der Waals surface area contributed by atoms with Crippen LogP contribution in [-0.2, 0) is 17.4 Å². The van der Waals surface area contributed by atoms with Gasteiger partial charge in [-0.3, -0.25) is 4.79 Å². The summed E-state index contributed by atoms with van der Waals surface area (Å²) < 4.78 is 44.7. The van der Waals surface area contributed by atoms with Crippen molar-refractivity contribution in [2.45, 2.75) is 56.7 Å². The number of rotatable bonds is 3. The van der Waals surface area contributed by atoms with Crippen LogP contribution in [0, 0.1) is 0 Å². The Bertz CT molecular complexity index is 942. The molecule has 2 aromatic carbocycles. The number of fused-ring (bicyclic) bond motifs is 2. The third kappa shape index (κ3) is 4.40. The van der Waals surface area contributed by atoms with Crippen LogP contribution in [0.25, 0.3) is 0 Å². The minimum atomic E-state index is -4.43. The lowest BCUT2D eigenvalue weighted by molar-refractivity contribution is -0.137. The van der Waals surface area contributed by atoms with Crippen molar-refractivity contribution < 1.29 is 27.8 Å². The topological polar surface area (TPSA) is 58.6 Å². The lowest BCUT2D eigenvalue weighted by Gasteiger charge is -2.27. The molecule has 0 radical (unpaired) electrons. The van der Waals surface area contributed by atoms with E-state index in [1.165, 1.54) is 6.07 Å². The highest BCUT2D eigenvalue weighted by Crippen LogP contribution is 2.40. The lowest BCUT2D eigenvalue weighted by atomic mass is 9.86. The predicted octanol–water partition coefficient (Wildman–Crippen LogP) is 5.25. The zero-order chi connectivity index (χ0) is 21.3. The van der Waals surface area contributed by atoms with Gasteiger partial charge < -0.3 is 15.2 Å². The first kappa shape index (κ1) is 20.6. The summed E-state index contributed by atoms with van der Waals surface area (Å²) >= 11 is 0. The number of phenols is 1. The van der Waals surface area contributed by atoms with Gasteiger partial charge >= 0.3 is 6.18 Å². The van der Waals surface area contributed by atoms with Gasteiger partial charge in [0, 0.05) is 6.42 Å². The molecule has 2 N–H and O–H groups in total. The van der Waals surface area contributed by atoms with E-state index in [4.69, 9.17) is 4.74 Å². The summed E-state index contributed by atoms with van der Waals surface area (Å²) in [4.78, 5) is 12.8. The quantitative estimate of drug-likeness (QED) is 0.714. The molecule has 0 aromatic heterocycles. The van der Waals surface area contributed by atoms with E-state index in [-0.39, 0.29) is 35.8 Å². The Morgan fingerprint density at radius 2 is 1.93 bits per heavy atom. The molecule has 0 fully saturated rings. The maximum absolute atomic E-state index is 13.0. The minimum absolute atomic E-state index is 0.144. The van der Waals surface area contributed by atoms with Gasteiger partial charge in [-0.05, 0) is 79.0 Å². The summed E-state index contributed by atoms with van der Waals surface area (Å²) in [5, 5.41) is 12.9. The molecule has 2 aromatic rings. The van der Waals surface area contributed by atoms with Crippen LogP contribution in [0.4, 0.5) is 13.2 Å². The van der Waals surface area contributed by atoms with Crippen molar-refractivity contribution >= 4 is 5.91 Å². The fraction of sp³-hybridized carbons (Fsp3) is 0.435. The van der Waals surface area contributed by atoms with E-state index in [1.54, 1.807) is 12.1 Å². The Morgan fingerprint density at radius 1 is 1.10 bits per heavy atom. The molecule has 1 amide bonds. The Balaban J connectivity index is 1.50. The summed E-state index contributed by atoms with van der Waals surface area (Å²) in [6.07, 6.45) is -0.243. The first-order valence-electron chi connectivity index (χ1n) is 10.3. The highest BCUT2D eigenvalue weighted by atomic mass is 19.4. The number of ether oxygens (including phenoxy) is 1. The van der Waals surface area contributed by atoms with Crippen molar-refractivity contribution in [2.24, 2.45) is 0 Å². The van der Waals surface area contributed by atoms with Crippen LogP contribution in [0.5, 0.6) is 11.5 Å². The smallest absolute Gasteiger partial charge is 0.416 e. The summed E-state index contributed by atoms with van der Waals surface area (Å²) in [5.74, 6) is 0.0456. The number of alkyl halides is 3. The van der Waals surface area contributed by atoms with Crippen LogP contribution in [0.2, 0.25) is 0 Å². The second kappa shape index (κ2) is 8.20. The number of nitrogens with one attached hydrogen (secondary N) is 1. The van der Waals surface area contributed by atoms with Crippen molar-refractivity contribution in [1.82, 2.24) is 5.32 Å². The number of hydrogen-bond donors (Lipinski definition) is 2. The van der Waals surface area contributed by atoms with Crippen LogP contribution in [-0.4, -0.2) is 17.6 Å². The summed E-state index contributed by atoms with van der Waals surface area (Å²) in [5.41, 5.74) is 1.97. The van der Waals surface area contributed by atoms with E-state index in [1.807, 2.05) is 6.07 Å². The summed E-state index contributed by atoms with van der Waals surface area (Å²) in [6.45, 7) is 0.335. The molecule has 0 saturated carbocycles. The molecular weight excluding hydrogens is 395 g/mol. The highest BCUT2D eigenvalue weighted by Gasteiger charge is 2.33. The summed E-state index contributed by atoms with van der Waals surface area (Å²) in [6, 6.07) is 8.61. The third-order valence-electron chi connectivity index (χ3n) is 5.95. The number of halogens is 3. The molecule has 1 heterocycles. The van der Waals surface area contributed by atoms with E-state index in [2.05, 4.69) is 5.32 Å². The zero-order valence-electron chi connectivity index (χ0n) is 16.5. The fourth-order valence-electron chi connectivity index (χ4n) is 4.47. The Hall–Kier alpha value is -2.70. The van der Waals surface area contributed by atoms with Gasteiger partial charge in [0.15, 0.2) is 0 Å². The van der Waals surface area contributed by atoms with Crippen molar-refractivity contribution in [2.75, 3.05) is 6.61 Å². The molecular formula is C23H24F3NO3.